The monoisotopic (exact) mass is 267 g/mol. The lowest BCUT2D eigenvalue weighted by molar-refractivity contribution is -0.142. The Morgan fingerprint density at radius 2 is 1.89 bits per heavy atom. The lowest BCUT2D eigenvalue weighted by Crippen LogP contribution is -2.47. The van der Waals surface area contributed by atoms with E-state index in [1.807, 2.05) is 0 Å². The maximum absolute atomic E-state index is 11.2. The molecule has 0 aliphatic carbocycles. The largest absolute Gasteiger partial charge is 0.481 e. The minimum absolute atomic E-state index is 0.105. The molecule has 0 aromatic rings. The first-order valence-electron chi connectivity index (χ1n) is 7.54. The molecule has 1 N–H and O–H groups in total. The number of carboxylic acid groups (broad SMARTS) is 1. The Morgan fingerprint density at radius 1 is 1.16 bits per heavy atom. The third kappa shape index (κ3) is 2.64. The first-order chi connectivity index (χ1) is 9.15. The summed E-state index contributed by atoms with van der Waals surface area (Å²) in [4.78, 5) is 18.6. The number of piperazine rings is 1. The molecule has 0 amide bonds. The number of likely N-dealkylation sites (N-methyl/N-ethyl adjacent to an activating group) is 1. The van der Waals surface area contributed by atoms with Crippen molar-refractivity contribution < 1.29 is 9.90 Å². The zero-order valence-electron chi connectivity index (χ0n) is 11.8. The molecule has 3 saturated heterocycles. The second-order valence-electron chi connectivity index (χ2n) is 6.36. The van der Waals surface area contributed by atoms with Gasteiger partial charge < -0.3 is 10.0 Å². The fourth-order valence-corrected chi connectivity index (χ4v) is 4.04. The van der Waals surface area contributed by atoms with Gasteiger partial charge in [0.1, 0.15) is 0 Å². The summed E-state index contributed by atoms with van der Waals surface area (Å²) >= 11 is 0. The highest BCUT2D eigenvalue weighted by atomic mass is 16.4. The maximum Gasteiger partial charge on any atom is 0.308 e. The summed E-state index contributed by atoms with van der Waals surface area (Å²) in [7, 11) is 2.18. The Balaban J connectivity index is 1.50. The van der Waals surface area contributed by atoms with Gasteiger partial charge in [0.15, 0.2) is 0 Å². The lowest BCUT2D eigenvalue weighted by Gasteiger charge is -2.34. The van der Waals surface area contributed by atoms with Crippen molar-refractivity contribution >= 4 is 5.97 Å². The Kier molecular flexibility index (Phi) is 3.78. The zero-order chi connectivity index (χ0) is 13.4. The van der Waals surface area contributed by atoms with Crippen molar-refractivity contribution in [1.82, 2.24) is 14.7 Å². The fourth-order valence-electron chi connectivity index (χ4n) is 4.04. The number of aliphatic carboxylic acids is 1. The molecule has 5 nitrogen and oxygen atoms in total. The number of fused-ring (bicyclic) bond motifs is 2. The minimum atomic E-state index is -0.586. The van der Waals surface area contributed by atoms with E-state index in [0.29, 0.717) is 12.1 Å². The smallest absolute Gasteiger partial charge is 0.308 e. The fraction of sp³-hybridized carbons (Fsp3) is 0.929. The molecule has 3 atom stereocenters. The second-order valence-corrected chi connectivity index (χ2v) is 6.36. The average Bonchev–Trinajstić information content (AvgIpc) is 2.95. The van der Waals surface area contributed by atoms with Gasteiger partial charge in [-0.2, -0.15) is 0 Å². The molecule has 3 rings (SSSR count). The van der Waals surface area contributed by atoms with Crippen LogP contribution in [0.3, 0.4) is 0 Å². The number of rotatable bonds is 4. The molecule has 3 unspecified atom stereocenters. The topological polar surface area (TPSA) is 47.0 Å². The standard InChI is InChI=1S/C14H25N3O2/c1-15-4-6-16(7-5-15)8-9-17-11-2-3-13(17)12(10-11)14(18)19/h11-13H,2-10H2,1H3,(H,18,19). The Bertz CT molecular complexity index is 342. The molecule has 108 valence electrons. The van der Waals surface area contributed by atoms with Gasteiger partial charge in [0.2, 0.25) is 0 Å². The first kappa shape index (κ1) is 13.3. The van der Waals surface area contributed by atoms with E-state index in [1.165, 1.54) is 6.42 Å². The molecule has 19 heavy (non-hydrogen) atoms. The Hall–Kier alpha value is -0.650. The number of carboxylic acids is 1. The third-order valence-electron chi connectivity index (χ3n) is 5.27. The Morgan fingerprint density at radius 3 is 2.53 bits per heavy atom. The summed E-state index contributed by atoms with van der Waals surface area (Å²) in [5, 5.41) is 9.26. The molecule has 0 aromatic carbocycles. The van der Waals surface area contributed by atoms with Gasteiger partial charge in [-0.15, -0.1) is 0 Å². The van der Waals surface area contributed by atoms with Crippen molar-refractivity contribution in [3.05, 3.63) is 0 Å². The van der Waals surface area contributed by atoms with Gasteiger partial charge in [-0.05, 0) is 26.3 Å². The summed E-state index contributed by atoms with van der Waals surface area (Å²) < 4.78 is 0. The van der Waals surface area contributed by atoms with Crippen LogP contribution in [-0.2, 0) is 4.79 Å². The van der Waals surface area contributed by atoms with Crippen LogP contribution in [0.15, 0.2) is 0 Å². The average molecular weight is 267 g/mol. The summed E-state index contributed by atoms with van der Waals surface area (Å²) in [6.07, 6.45) is 3.17. The Labute approximate surface area is 115 Å². The van der Waals surface area contributed by atoms with Gasteiger partial charge >= 0.3 is 5.97 Å². The predicted octanol–water partition coefficient (Wildman–Crippen LogP) is 0.171. The van der Waals surface area contributed by atoms with E-state index in [9.17, 15) is 9.90 Å². The third-order valence-corrected chi connectivity index (χ3v) is 5.27. The molecular weight excluding hydrogens is 242 g/mol. The lowest BCUT2D eigenvalue weighted by atomic mass is 9.89. The molecule has 3 heterocycles. The van der Waals surface area contributed by atoms with Crippen LogP contribution in [0.2, 0.25) is 0 Å². The molecule has 0 spiro atoms. The molecule has 0 saturated carbocycles. The van der Waals surface area contributed by atoms with Crippen LogP contribution in [0.4, 0.5) is 0 Å². The predicted molar refractivity (Wildman–Crippen MR) is 73.2 cm³/mol. The normalized spacial score (nSPS) is 37.0. The first-order valence-corrected chi connectivity index (χ1v) is 7.54. The van der Waals surface area contributed by atoms with Gasteiger partial charge in [0.25, 0.3) is 0 Å². The van der Waals surface area contributed by atoms with Crippen LogP contribution in [0.1, 0.15) is 19.3 Å². The molecule has 0 aromatic heterocycles. The summed E-state index contributed by atoms with van der Waals surface area (Å²) in [6, 6.07) is 0.855. The number of hydrogen-bond donors (Lipinski definition) is 1. The van der Waals surface area contributed by atoms with Gasteiger partial charge in [0.05, 0.1) is 5.92 Å². The number of hydrogen-bond acceptors (Lipinski definition) is 4. The van der Waals surface area contributed by atoms with Gasteiger partial charge in [-0.3, -0.25) is 14.6 Å². The molecule has 2 bridgehead atoms. The quantitative estimate of drug-likeness (QED) is 0.787. The molecule has 3 aliphatic rings. The summed E-state index contributed by atoms with van der Waals surface area (Å²) in [6.45, 7) is 6.79. The van der Waals surface area contributed by atoms with Crippen LogP contribution >= 0.6 is 0 Å². The van der Waals surface area contributed by atoms with E-state index in [4.69, 9.17) is 0 Å². The van der Waals surface area contributed by atoms with Crippen molar-refractivity contribution in [3.63, 3.8) is 0 Å². The highest BCUT2D eigenvalue weighted by molar-refractivity contribution is 5.71. The van der Waals surface area contributed by atoms with E-state index in [-0.39, 0.29) is 5.92 Å². The van der Waals surface area contributed by atoms with Crippen LogP contribution in [0, 0.1) is 5.92 Å². The van der Waals surface area contributed by atoms with Gasteiger partial charge in [-0.1, -0.05) is 0 Å². The van der Waals surface area contributed by atoms with E-state index in [2.05, 4.69) is 21.7 Å². The molecule has 5 heteroatoms. The van der Waals surface area contributed by atoms with Crippen LogP contribution in [-0.4, -0.2) is 84.2 Å². The van der Waals surface area contributed by atoms with Gasteiger partial charge in [-0.25, -0.2) is 0 Å². The van der Waals surface area contributed by atoms with E-state index < -0.39 is 5.97 Å². The molecule has 3 fully saturated rings. The molecular formula is C14H25N3O2. The molecule has 3 aliphatic heterocycles. The summed E-state index contributed by atoms with van der Waals surface area (Å²) in [5.74, 6) is -0.692. The summed E-state index contributed by atoms with van der Waals surface area (Å²) in [5.41, 5.74) is 0. The highest BCUT2D eigenvalue weighted by Crippen LogP contribution is 2.41. The SMILES string of the molecule is CN1CCN(CCN2C3CCC2C(C(=O)O)C3)CC1. The maximum atomic E-state index is 11.2. The van der Waals surface area contributed by atoms with Crippen LogP contribution < -0.4 is 0 Å². The minimum Gasteiger partial charge on any atom is -0.481 e. The van der Waals surface area contributed by atoms with Crippen LogP contribution in [0.25, 0.3) is 0 Å². The van der Waals surface area contributed by atoms with E-state index in [0.717, 1.165) is 52.1 Å². The van der Waals surface area contributed by atoms with Crippen molar-refractivity contribution in [2.75, 3.05) is 46.3 Å². The van der Waals surface area contributed by atoms with E-state index in [1.54, 1.807) is 0 Å². The molecule has 0 radical (unpaired) electrons. The number of nitrogens with zero attached hydrogens (tertiary/aromatic N) is 3. The van der Waals surface area contributed by atoms with Crippen molar-refractivity contribution in [1.29, 1.82) is 0 Å². The van der Waals surface area contributed by atoms with E-state index >= 15 is 0 Å². The highest BCUT2D eigenvalue weighted by Gasteiger charge is 2.48. The van der Waals surface area contributed by atoms with Crippen molar-refractivity contribution in [2.24, 2.45) is 5.92 Å². The van der Waals surface area contributed by atoms with Crippen molar-refractivity contribution in [2.45, 2.75) is 31.3 Å². The van der Waals surface area contributed by atoms with Crippen molar-refractivity contribution in [3.8, 4) is 0 Å². The van der Waals surface area contributed by atoms with Crippen LogP contribution in [0.5, 0.6) is 0 Å². The zero-order valence-corrected chi connectivity index (χ0v) is 11.8. The van der Waals surface area contributed by atoms with Gasteiger partial charge in [0, 0.05) is 51.4 Å². The second kappa shape index (κ2) is 5.38. The number of carbonyl (C=O) groups is 1.